The van der Waals surface area contributed by atoms with E-state index in [9.17, 15) is 18.0 Å². The molecule has 0 spiro atoms. The maximum Gasteiger partial charge on any atom is 0.225 e. The number of benzene rings is 2. The van der Waals surface area contributed by atoms with Crippen LogP contribution in [0.25, 0.3) is 0 Å². The lowest BCUT2D eigenvalue weighted by Gasteiger charge is -2.16. The van der Waals surface area contributed by atoms with E-state index in [1.807, 2.05) is 6.92 Å². The fraction of sp³-hybridized carbons (Fsp3) is 0.300. The van der Waals surface area contributed by atoms with Gasteiger partial charge in [-0.05, 0) is 64.7 Å². The van der Waals surface area contributed by atoms with Gasteiger partial charge in [-0.1, -0.05) is 17.7 Å². The van der Waals surface area contributed by atoms with Crippen molar-refractivity contribution in [2.45, 2.75) is 31.6 Å². The first kappa shape index (κ1) is 21.8. The van der Waals surface area contributed by atoms with Crippen molar-refractivity contribution in [1.29, 1.82) is 0 Å². The summed E-state index contributed by atoms with van der Waals surface area (Å²) in [4.78, 5) is 25.7. The van der Waals surface area contributed by atoms with E-state index >= 15 is 0 Å². The van der Waals surface area contributed by atoms with Crippen LogP contribution in [0.3, 0.4) is 0 Å². The van der Waals surface area contributed by atoms with E-state index in [1.54, 1.807) is 29.2 Å². The molecule has 154 valence electrons. The second-order valence-electron chi connectivity index (χ2n) is 6.93. The van der Waals surface area contributed by atoms with Crippen LogP contribution >= 0.6 is 27.5 Å². The van der Waals surface area contributed by atoms with E-state index in [-0.39, 0.29) is 23.0 Å². The Morgan fingerprint density at radius 3 is 2.62 bits per heavy atom. The fourth-order valence-electron chi connectivity index (χ4n) is 3.22. The first-order valence-electron chi connectivity index (χ1n) is 8.98. The summed E-state index contributed by atoms with van der Waals surface area (Å²) in [5.74, 6) is -0.939. The van der Waals surface area contributed by atoms with E-state index < -0.39 is 15.7 Å². The van der Waals surface area contributed by atoms with Gasteiger partial charge in [-0.3, -0.25) is 9.59 Å². The number of amides is 2. The molecule has 1 N–H and O–H groups in total. The minimum atomic E-state index is -3.74. The van der Waals surface area contributed by atoms with Crippen LogP contribution in [0.5, 0.6) is 0 Å². The zero-order chi connectivity index (χ0) is 21.3. The van der Waals surface area contributed by atoms with Gasteiger partial charge in [-0.2, -0.15) is 0 Å². The zero-order valence-electron chi connectivity index (χ0n) is 16.0. The van der Waals surface area contributed by atoms with Gasteiger partial charge >= 0.3 is 0 Å². The Hall–Kier alpha value is -1.90. The number of fused-ring (bicyclic) bond motifs is 1. The van der Waals surface area contributed by atoms with Crippen LogP contribution in [0.15, 0.2) is 39.7 Å². The first-order valence-corrected chi connectivity index (χ1v) is 11.8. The van der Waals surface area contributed by atoms with Crippen LogP contribution in [0.1, 0.15) is 24.5 Å². The molecular formula is C20H20BrClN2O4S. The molecule has 0 saturated carbocycles. The van der Waals surface area contributed by atoms with Crippen LogP contribution in [0.2, 0.25) is 5.02 Å². The summed E-state index contributed by atoms with van der Waals surface area (Å²) in [5.41, 5.74) is 2.92. The van der Waals surface area contributed by atoms with E-state index in [2.05, 4.69) is 21.2 Å². The van der Waals surface area contributed by atoms with Crippen LogP contribution in [0.4, 0.5) is 11.4 Å². The lowest BCUT2D eigenvalue weighted by Crippen LogP contribution is -2.26. The molecule has 9 heteroatoms. The summed E-state index contributed by atoms with van der Waals surface area (Å²) in [7, 11) is -3.74. The third-order valence-corrected chi connectivity index (χ3v) is 7.72. The standard InChI is InChI=1S/C20H20BrClN2O4S/c1-12-3-4-17(16(22)9-12)23-20(26)6-8-29(27,28)19-11-18-14(10-15(19)21)5-7-24(18)13(2)25/h3-4,9-11H,5-8H2,1-2H3,(H,23,26). The molecular weight excluding hydrogens is 480 g/mol. The van der Waals surface area contributed by atoms with Crippen LogP contribution in [-0.4, -0.2) is 32.5 Å². The van der Waals surface area contributed by atoms with E-state index in [0.717, 1.165) is 11.1 Å². The molecule has 0 saturated heterocycles. The Kier molecular flexibility index (Phi) is 6.36. The second kappa shape index (κ2) is 8.45. The number of carbonyl (C=O) groups is 2. The second-order valence-corrected chi connectivity index (χ2v) is 10.3. The maximum absolute atomic E-state index is 12.9. The van der Waals surface area contributed by atoms with Gasteiger partial charge in [0, 0.05) is 30.0 Å². The molecule has 0 bridgehead atoms. The van der Waals surface area contributed by atoms with Gasteiger partial charge in [0.25, 0.3) is 0 Å². The Labute approximate surface area is 183 Å². The molecule has 3 rings (SSSR count). The topological polar surface area (TPSA) is 83.6 Å². The lowest BCUT2D eigenvalue weighted by molar-refractivity contribution is -0.117. The summed E-state index contributed by atoms with van der Waals surface area (Å²) in [6, 6.07) is 8.45. The molecule has 6 nitrogen and oxygen atoms in total. The van der Waals surface area contributed by atoms with Crippen molar-refractivity contribution in [2.24, 2.45) is 0 Å². The van der Waals surface area contributed by atoms with Gasteiger partial charge < -0.3 is 10.2 Å². The molecule has 0 radical (unpaired) electrons. The van der Waals surface area contributed by atoms with Crippen molar-refractivity contribution < 1.29 is 18.0 Å². The van der Waals surface area contributed by atoms with Crippen molar-refractivity contribution in [2.75, 3.05) is 22.5 Å². The molecule has 2 aromatic carbocycles. The monoisotopic (exact) mass is 498 g/mol. The number of anilines is 2. The van der Waals surface area contributed by atoms with Crippen LogP contribution in [0, 0.1) is 6.92 Å². The highest BCUT2D eigenvalue weighted by Crippen LogP contribution is 2.36. The molecule has 0 fully saturated rings. The number of hydrogen-bond donors (Lipinski definition) is 1. The molecule has 0 unspecified atom stereocenters. The predicted octanol–water partition coefficient (Wildman–Crippen LogP) is 4.12. The normalized spacial score (nSPS) is 13.3. The highest BCUT2D eigenvalue weighted by Gasteiger charge is 2.27. The molecule has 1 aliphatic heterocycles. The Morgan fingerprint density at radius 1 is 1.24 bits per heavy atom. The average molecular weight is 500 g/mol. The number of aryl methyl sites for hydroxylation is 1. The quantitative estimate of drug-likeness (QED) is 0.671. The van der Waals surface area contributed by atoms with Gasteiger partial charge in [0.05, 0.1) is 21.4 Å². The number of halogens is 2. The van der Waals surface area contributed by atoms with Gasteiger partial charge in [0.1, 0.15) is 0 Å². The molecule has 1 heterocycles. The van der Waals surface area contributed by atoms with Gasteiger partial charge in [-0.15, -0.1) is 0 Å². The van der Waals surface area contributed by atoms with E-state index in [4.69, 9.17) is 11.6 Å². The molecule has 29 heavy (non-hydrogen) atoms. The summed E-state index contributed by atoms with van der Waals surface area (Å²) in [5, 5.41) is 3.04. The summed E-state index contributed by atoms with van der Waals surface area (Å²) >= 11 is 9.42. The zero-order valence-corrected chi connectivity index (χ0v) is 19.1. The molecule has 0 aliphatic carbocycles. The Bertz CT molecular complexity index is 1100. The van der Waals surface area contributed by atoms with Gasteiger partial charge in [0.15, 0.2) is 9.84 Å². The minimum absolute atomic E-state index is 0.0746. The summed E-state index contributed by atoms with van der Waals surface area (Å²) in [6.07, 6.45) is 0.458. The molecule has 2 amide bonds. The number of sulfone groups is 1. The van der Waals surface area contributed by atoms with E-state index in [1.165, 1.54) is 13.0 Å². The molecule has 0 atom stereocenters. The predicted molar refractivity (Wildman–Crippen MR) is 117 cm³/mol. The maximum atomic E-state index is 12.9. The molecule has 1 aliphatic rings. The van der Waals surface area contributed by atoms with Gasteiger partial charge in [-0.25, -0.2) is 8.42 Å². The molecule has 0 aromatic heterocycles. The van der Waals surface area contributed by atoms with Crippen molar-refractivity contribution in [3.05, 3.63) is 51.0 Å². The molecule has 2 aromatic rings. The van der Waals surface area contributed by atoms with Crippen molar-refractivity contribution >= 4 is 60.6 Å². The summed E-state index contributed by atoms with van der Waals surface area (Å²) < 4.78 is 26.2. The highest BCUT2D eigenvalue weighted by atomic mass is 79.9. The van der Waals surface area contributed by atoms with Gasteiger partial charge in [0.2, 0.25) is 11.8 Å². The lowest BCUT2D eigenvalue weighted by atomic mass is 10.2. The van der Waals surface area contributed by atoms with Crippen LogP contribution in [-0.2, 0) is 25.8 Å². The van der Waals surface area contributed by atoms with Crippen molar-refractivity contribution in [3.8, 4) is 0 Å². The van der Waals surface area contributed by atoms with Crippen LogP contribution < -0.4 is 10.2 Å². The Balaban J connectivity index is 1.75. The fourth-order valence-corrected chi connectivity index (χ4v) is 5.96. The summed E-state index contributed by atoms with van der Waals surface area (Å²) in [6.45, 7) is 3.86. The van der Waals surface area contributed by atoms with Crippen molar-refractivity contribution in [3.63, 3.8) is 0 Å². The third kappa shape index (κ3) is 4.82. The Morgan fingerprint density at radius 2 is 1.97 bits per heavy atom. The number of hydrogen-bond acceptors (Lipinski definition) is 4. The van der Waals surface area contributed by atoms with Crippen molar-refractivity contribution in [1.82, 2.24) is 0 Å². The SMILES string of the molecule is CC(=O)N1CCc2cc(Br)c(S(=O)(=O)CCC(=O)Nc3ccc(C)cc3Cl)cc21. The highest BCUT2D eigenvalue weighted by molar-refractivity contribution is 9.10. The number of rotatable bonds is 5. The largest absolute Gasteiger partial charge is 0.325 e. The first-order chi connectivity index (χ1) is 13.6. The average Bonchev–Trinajstić information content (AvgIpc) is 3.04. The third-order valence-electron chi connectivity index (χ3n) is 4.74. The number of carbonyl (C=O) groups excluding carboxylic acids is 2. The smallest absolute Gasteiger partial charge is 0.225 e. The van der Waals surface area contributed by atoms with E-state index in [0.29, 0.717) is 33.8 Å². The number of nitrogens with zero attached hydrogens (tertiary/aromatic N) is 1. The number of nitrogens with one attached hydrogen (secondary N) is 1. The minimum Gasteiger partial charge on any atom is -0.325 e.